The zero-order valence-corrected chi connectivity index (χ0v) is 4.35. The van der Waals surface area contributed by atoms with Gasteiger partial charge in [-0.15, -0.1) is 0 Å². The molecule has 1 aromatic rings. The minimum absolute atomic E-state index is 0.375. The summed E-state index contributed by atoms with van der Waals surface area (Å²) in [6.07, 6.45) is 0. The number of rotatable bonds is 0. The summed E-state index contributed by atoms with van der Waals surface area (Å²) in [5.74, 6) is 0. The molecule has 0 aliphatic carbocycles. The fourth-order valence-corrected chi connectivity index (χ4v) is 1.02. The van der Waals surface area contributed by atoms with E-state index in [4.69, 9.17) is 1.37 Å². The van der Waals surface area contributed by atoms with Crippen LogP contribution in [-0.4, -0.2) is 14.5 Å². The first kappa shape index (κ1) is 2.22. The molecule has 5 heavy (non-hydrogen) atoms. The Balaban J connectivity index is 3.05. The number of hydrogen-bond acceptors (Lipinski definition) is 0. The summed E-state index contributed by atoms with van der Waals surface area (Å²) < 4.78 is 6.96. The Kier molecular flexibility index (Phi) is 0.640. The Morgan fingerprint density at radius 1 is 1.60 bits per heavy atom. The molecule has 0 aliphatic rings. The van der Waals surface area contributed by atoms with E-state index in [2.05, 4.69) is 0 Å². The molecule has 1 heteroatoms. The van der Waals surface area contributed by atoms with Gasteiger partial charge in [0.05, 0.1) is 0 Å². The van der Waals surface area contributed by atoms with Gasteiger partial charge in [-0.25, -0.2) is 0 Å². The van der Waals surface area contributed by atoms with Crippen LogP contribution in [0.15, 0.2) is 22.0 Å². The molecule has 0 N–H and O–H groups in total. The standard InChI is InChI=1S/C4H4Se/c1-2-4-5-3-1/h1-4H/i3D. The molecule has 0 nitrogen and oxygen atoms in total. The molecule has 0 fully saturated rings. The van der Waals surface area contributed by atoms with Crippen LogP contribution in [0.1, 0.15) is 1.37 Å². The predicted octanol–water partition coefficient (Wildman–Crippen LogP) is 0.744. The van der Waals surface area contributed by atoms with Crippen LogP contribution >= 0.6 is 0 Å². The van der Waals surface area contributed by atoms with Crippen LogP contribution in [0.3, 0.4) is 0 Å². The van der Waals surface area contributed by atoms with Gasteiger partial charge in [-0.1, -0.05) is 0 Å². The van der Waals surface area contributed by atoms with Gasteiger partial charge in [-0.3, -0.25) is 0 Å². The van der Waals surface area contributed by atoms with Crippen molar-refractivity contribution in [2.24, 2.45) is 0 Å². The first-order chi connectivity index (χ1) is 2.89. The molecule has 26 valence electrons. The SMILES string of the molecule is [2H]c1ccc[se]1. The Morgan fingerprint density at radius 3 is 2.80 bits per heavy atom. The van der Waals surface area contributed by atoms with Gasteiger partial charge in [0.15, 0.2) is 0 Å². The summed E-state index contributed by atoms with van der Waals surface area (Å²) in [6, 6.07) is 3.77. The molecule has 0 bridgehead atoms. The van der Waals surface area contributed by atoms with Crippen molar-refractivity contribution in [1.82, 2.24) is 0 Å². The van der Waals surface area contributed by atoms with E-state index in [1.54, 1.807) is 0 Å². The van der Waals surface area contributed by atoms with E-state index >= 15 is 0 Å². The first-order valence-corrected chi connectivity index (χ1v) is 3.24. The Hall–Kier alpha value is -0.000519. The quantitative estimate of drug-likeness (QED) is 0.457. The van der Waals surface area contributed by atoms with E-state index in [1.165, 1.54) is 0 Å². The molecule has 0 spiro atoms. The van der Waals surface area contributed by atoms with E-state index in [0.29, 0.717) is 14.5 Å². The van der Waals surface area contributed by atoms with Crippen LogP contribution in [0.4, 0.5) is 0 Å². The molecule has 0 aliphatic heterocycles. The van der Waals surface area contributed by atoms with Crippen molar-refractivity contribution in [3.8, 4) is 0 Å². The second-order valence-electron chi connectivity index (χ2n) is 0.731. The minimum atomic E-state index is 0.375. The second-order valence-corrected chi connectivity index (χ2v) is 2.29. The molecule has 0 unspecified atom stereocenters. The van der Waals surface area contributed by atoms with Crippen molar-refractivity contribution in [2.45, 2.75) is 0 Å². The van der Waals surface area contributed by atoms with E-state index in [-0.39, 0.29) is 0 Å². The molecule has 0 saturated heterocycles. The molecule has 1 aromatic heterocycles. The van der Waals surface area contributed by atoms with Gasteiger partial charge in [0.1, 0.15) is 0 Å². The van der Waals surface area contributed by atoms with Gasteiger partial charge in [0.25, 0.3) is 0 Å². The molecule has 0 atom stereocenters. The summed E-state index contributed by atoms with van der Waals surface area (Å²) >= 11 is 0.375. The number of hydrogen-bond donors (Lipinski definition) is 0. The maximum absolute atomic E-state index is 6.96. The summed E-state index contributed by atoms with van der Waals surface area (Å²) in [6.45, 7) is 0. The van der Waals surface area contributed by atoms with Crippen molar-refractivity contribution >= 4 is 14.5 Å². The van der Waals surface area contributed by atoms with Gasteiger partial charge in [0, 0.05) is 0 Å². The van der Waals surface area contributed by atoms with Crippen LogP contribution in [-0.2, 0) is 0 Å². The molecular weight excluding hydrogens is 127 g/mol. The predicted molar refractivity (Wildman–Crippen MR) is 23.4 cm³/mol. The van der Waals surface area contributed by atoms with Gasteiger partial charge in [-0.2, -0.15) is 0 Å². The van der Waals surface area contributed by atoms with Gasteiger partial charge >= 0.3 is 37.9 Å². The first-order valence-electron chi connectivity index (χ1n) is 1.90. The summed E-state index contributed by atoms with van der Waals surface area (Å²) in [4.78, 5) is 2.82. The van der Waals surface area contributed by atoms with E-state index < -0.39 is 0 Å². The van der Waals surface area contributed by atoms with E-state index in [9.17, 15) is 0 Å². The van der Waals surface area contributed by atoms with E-state index in [1.807, 2.05) is 17.1 Å². The zero-order chi connectivity index (χ0) is 4.41. The van der Waals surface area contributed by atoms with Crippen molar-refractivity contribution in [3.63, 3.8) is 0 Å². The average molecular weight is 132 g/mol. The zero-order valence-electron chi connectivity index (χ0n) is 3.64. The topological polar surface area (TPSA) is 0 Å². The van der Waals surface area contributed by atoms with Crippen molar-refractivity contribution in [3.05, 3.63) is 22.0 Å². The fourth-order valence-electron chi connectivity index (χ4n) is 0.196. The van der Waals surface area contributed by atoms with Crippen LogP contribution < -0.4 is 0 Å². The Bertz CT molecular complexity index is 111. The average Bonchev–Trinajstić information content (AvgIpc) is 1.86. The Morgan fingerprint density at radius 2 is 2.60 bits per heavy atom. The monoisotopic (exact) mass is 133 g/mol. The van der Waals surface area contributed by atoms with Crippen molar-refractivity contribution < 1.29 is 1.37 Å². The van der Waals surface area contributed by atoms with Crippen LogP contribution in [0.5, 0.6) is 0 Å². The van der Waals surface area contributed by atoms with Crippen LogP contribution in [0, 0.1) is 0 Å². The van der Waals surface area contributed by atoms with Crippen molar-refractivity contribution in [2.75, 3.05) is 0 Å². The van der Waals surface area contributed by atoms with Crippen LogP contribution in [0.25, 0.3) is 0 Å². The van der Waals surface area contributed by atoms with Crippen molar-refractivity contribution in [1.29, 1.82) is 0 Å². The summed E-state index contributed by atoms with van der Waals surface area (Å²) in [5.41, 5.74) is 0. The summed E-state index contributed by atoms with van der Waals surface area (Å²) in [7, 11) is 0. The molecule has 0 amide bonds. The summed E-state index contributed by atoms with van der Waals surface area (Å²) in [5, 5.41) is 0. The molecule has 1 heterocycles. The molecular formula is C4H4Se. The fraction of sp³-hybridized carbons (Fsp3) is 0. The van der Waals surface area contributed by atoms with Gasteiger partial charge in [-0.05, 0) is 0 Å². The molecule has 0 aromatic carbocycles. The molecule has 0 radical (unpaired) electrons. The third-order valence-electron chi connectivity index (χ3n) is 0.379. The molecule has 1 rings (SSSR count). The second kappa shape index (κ2) is 1.44. The normalized spacial score (nSPS) is 10.8. The van der Waals surface area contributed by atoms with Gasteiger partial charge in [0.2, 0.25) is 0 Å². The van der Waals surface area contributed by atoms with Crippen LogP contribution in [0.2, 0.25) is 0 Å². The van der Waals surface area contributed by atoms with Gasteiger partial charge < -0.3 is 0 Å². The molecule has 0 saturated carbocycles. The third-order valence-corrected chi connectivity index (χ3v) is 1.57. The maximum atomic E-state index is 6.96. The Labute approximate surface area is 38.6 Å². The van der Waals surface area contributed by atoms with E-state index in [0.717, 1.165) is 4.92 Å². The third kappa shape index (κ3) is 0.640.